The third-order valence-electron chi connectivity index (χ3n) is 2.78. The van der Waals surface area contributed by atoms with Crippen molar-refractivity contribution in [3.8, 4) is 0 Å². The molecule has 0 heterocycles. The second-order valence-electron chi connectivity index (χ2n) is 4.09. The maximum atomic E-state index is 13.7. The summed E-state index contributed by atoms with van der Waals surface area (Å²) in [6.07, 6.45) is 0. The minimum Gasteiger partial charge on any atom is -0.397 e. The van der Waals surface area contributed by atoms with Gasteiger partial charge in [-0.2, -0.15) is 0 Å². The second-order valence-corrected chi connectivity index (χ2v) is 4.50. The van der Waals surface area contributed by atoms with Gasteiger partial charge in [0.05, 0.1) is 17.4 Å². The number of nitrogens with two attached hydrogens (primary N) is 1. The van der Waals surface area contributed by atoms with Gasteiger partial charge >= 0.3 is 0 Å². The van der Waals surface area contributed by atoms with Crippen LogP contribution < -0.4 is 11.1 Å². The fourth-order valence-corrected chi connectivity index (χ4v) is 2.11. The number of halogens is 2. The molecule has 2 rings (SSSR count). The summed E-state index contributed by atoms with van der Waals surface area (Å²) >= 11 is 6.10. The number of hydrogen-bond acceptors (Lipinski definition) is 2. The SMILES string of the molecule is CC(Nc1c(N)cccc1F)c1ccccc1Cl. The van der Waals surface area contributed by atoms with Crippen molar-refractivity contribution in [1.82, 2.24) is 0 Å². The molecule has 94 valence electrons. The lowest BCUT2D eigenvalue weighted by Crippen LogP contribution is -2.10. The molecule has 0 saturated heterocycles. The largest absolute Gasteiger partial charge is 0.397 e. The van der Waals surface area contributed by atoms with Crippen molar-refractivity contribution in [2.24, 2.45) is 0 Å². The molecule has 2 nitrogen and oxygen atoms in total. The van der Waals surface area contributed by atoms with Gasteiger partial charge in [0.15, 0.2) is 0 Å². The molecule has 3 N–H and O–H groups in total. The Morgan fingerprint density at radius 3 is 2.56 bits per heavy atom. The van der Waals surface area contributed by atoms with Crippen LogP contribution in [0, 0.1) is 5.82 Å². The van der Waals surface area contributed by atoms with Crippen LogP contribution in [0.15, 0.2) is 42.5 Å². The van der Waals surface area contributed by atoms with Crippen LogP contribution >= 0.6 is 11.6 Å². The van der Waals surface area contributed by atoms with Crippen molar-refractivity contribution >= 4 is 23.0 Å². The maximum Gasteiger partial charge on any atom is 0.148 e. The summed E-state index contributed by atoms with van der Waals surface area (Å²) < 4.78 is 13.7. The molecule has 0 aliphatic carbocycles. The van der Waals surface area contributed by atoms with Crippen LogP contribution in [0.3, 0.4) is 0 Å². The number of nitrogens with one attached hydrogen (secondary N) is 1. The molecule has 0 fully saturated rings. The maximum absolute atomic E-state index is 13.7. The summed E-state index contributed by atoms with van der Waals surface area (Å²) in [5.41, 5.74) is 7.35. The monoisotopic (exact) mass is 264 g/mol. The molecule has 1 atom stereocenters. The summed E-state index contributed by atoms with van der Waals surface area (Å²) in [5.74, 6) is -0.367. The first-order chi connectivity index (χ1) is 8.59. The van der Waals surface area contributed by atoms with Gasteiger partial charge in [0, 0.05) is 5.02 Å². The van der Waals surface area contributed by atoms with Crippen LogP contribution in [0.1, 0.15) is 18.5 Å². The highest BCUT2D eigenvalue weighted by Gasteiger charge is 2.12. The van der Waals surface area contributed by atoms with E-state index < -0.39 is 0 Å². The average molecular weight is 265 g/mol. The van der Waals surface area contributed by atoms with Gasteiger partial charge in [-0.1, -0.05) is 35.9 Å². The fourth-order valence-electron chi connectivity index (χ4n) is 1.81. The predicted molar refractivity (Wildman–Crippen MR) is 74.3 cm³/mol. The standard InChI is InChI=1S/C14H14ClFN2/c1-9(10-5-2-3-6-11(10)15)18-14-12(16)7-4-8-13(14)17/h2-9,18H,17H2,1H3. The zero-order valence-corrected chi connectivity index (χ0v) is 10.7. The van der Waals surface area contributed by atoms with E-state index in [1.807, 2.05) is 25.1 Å². The third kappa shape index (κ3) is 2.57. The molecule has 0 aromatic heterocycles. The summed E-state index contributed by atoms with van der Waals surface area (Å²) in [7, 11) is 0. The van der Waals surface area contributed by atoms with Crippen LogP contribution in [-0.2, 0) is 0 Å². The Morgan fingerprint density at radius 2 is 1.89 bits per heavy atom. The van der Waals surface area contributed by atoms with E-state index in [4.69, 9.17) is 17.3 Å². The molecule has 0 aliphatic heterocycles. The van der Waals surface area contributed by atoms with Gasteiger partial charge in [0.1, 0.15) is 5.82 Å². The molecule has 0 bridgehead atoms. The first kappa shape index (κ1) is 12.7. The van der Waals surface area contributed by atoms with Gasteiger partial charge in [-0.15, -0.1) is 0 Å². The summed E-state index contributed by atoms with van der Waals surface area (Å²) in [4.78, 5) is 0. The fraction of sp³-hybridized carbons (Fsp3) is 0.143. The minimum absolute atomic E-state index is 0.127. The van der Waals surface area contributed by atoms with Crippen molar-refractivity contribution in [1.29, 1.82) is 0 Å². The number of anilines is 2. The first-order valence-electron chi connectivity index (χ1n) is 5.64. The number of rotatable bonds is 3. The van der Waals surface area contributed by atoms with E-state index in [1.165, 1.54) is 6.07 Å². The average Bonchev–Trinajstić information content (AvgIpc) is 2.34. The van der Waals surface area contributed by atoms with E-state index in [0.29, 0.717) is 16.4 Å². The molecule has 0 spiro atoms. The van der Waals surface area contributed by atoms with Gasteiger partial charge < -0.3 is 11.1 Å². The summed E-state index contributed by atoms with van der Waals surface area (Å²) in [6.45, 7) is 1.91. The van der Waals surface area contributed by atoms with Crippen LogP contribution in [0.5, 0.6) is 0 Å². The molecule has 2 aromatic carbocycles. The highest BCUT2D eigenvalue weighted by Crippen LogP contribution is 2.29. The highest BCUT2D eigenvalue weighted by molar-refractivity contribution is 6.31. The van der Waals surface area contributed by atoms with Crippen molar-refractivity contribution < 1.29 is 4.39 Å². The quantitative estimate of drug-likeness (QED) is 0.814. The van der Waals surface area contributed by atoms with Gasteiger partial charge in [0.2, 0.25) is 0 Å². The summed E-state index contributed by atoms with van der Waals surface area (Å²) in [5, 5.41) is 3.70. The Hall–Kier alpha value is -1.74. The lowest BCUT2D eigenvalue weighted by Gasteiger charge is -2.18. The van der Waals surface area contributed by atoms with Crippen molar-refractivity contribution in [2.75, 3.05) is 11.1 Å². The van der Waals surface area contributed by atoms with Crippen LogP contribution in [0.4, 0.5) is 15.8 Å². The molecule has 0 amide bonds. The van der Waals surface area contributed by atoms with Gasteiger partial charge in [-0.05, 0) is 30.7 Å². The number of hydrogen-bond donors (Lipinski definition) is 2. The third-order valence-corrected chi connectivity index (χ3v) is 3.12. The molecule has 4 heteroatoms. The predicted octanol–water partition coefficient (Wildman–Crippen LogP) is 4.23. The highest BCUT2D eigenvalue weighted by atomic mass is 35.5. The summed E-state index contributed by atoms with van der Waals surface area (Å²) in [6, 6.07) is 11.9. The zero-order chi connectivity index (χ0) is 13.1. The zero-order valence-electron chi connectivity index (χ0n) is 9.95. The van der Waals surface area contributed by atoms with E-state index in [2.05, 4.69) is 5.32 Å². The topological polar surface area (TPSA) is 38.0 Å². The molecule has 2 aromatic rings. The molecule has 0 radical (unpaired) electrons. The molecular formula is C14H14ClFN2. The Labute approximate surface area is 111 Å². The normalized spacial score (nSPS) is 12.2. The smallest absolute Gasteiger partial charge is 0.148 e. The Kier molecular flexibility index (Phi) is 3.72. The molecule has 18 heavy (non-hydrogen) atoms. The second kappa shape index (κ2) is 5.27. The number of nitrogen functional groups attached to an aromatic ring is 1. The van der Waals surface area contributed by atoms with Gasteiger partial charge in [-0.25, -0.2) is 4.39 Å². The van der Waals surface area contributed by atoms with Crippen molar-refractivity contribution in [3.63, 3.8) is 0 Å². The van der Waals surface area contributed by atoms with E-state index in [1.54, 1.807) is 18.2 Å². The van der Waals surface area contributed by atoms with Crippen molar-refractivity contribution in [2.45, 2.75) is 13.0 Å². The van der Waals surface area contributed by atoms with E-state index in [0.717, 1.165) is 5.56 Å². The van der Waals surface area contributed by atoms with E-state index in [9.17, 15) is 4.39 Å². The van der Waals surface area contributed by atoms with Gasteiger partial charge in [0.25, 0.3) is 0 Å². The Morgan fingerprint density at radius 1 is 1.17 bits per heavy atom. The lowest BCUT2D eigenvalue weighted by atomic mass is 10.1. The van der Waals surface area contributed by atoms with E-state index >= 15 is 0 Å². The van der Waals surface area contributed by atoms with Crippen LogP contribution in [0.2, 0.25) is 5.02 Å². The van der Waals surface area contributed by atoms with E-state index in [-0.39, 0.29) is 11.9 Å². The van der Waals surface area contributed by atoms with Crippen LogP contribution in [0.25, 0.3) is 0 Å². The van der Waals surface area contributed by atoms with Gasteiger partial charge in [-0.3, -0.25) is 0 Å². The number of para-hydroxylation sites is 1. The Bertz CT molecular complexity index is 537. The Balaban J connectivity index is 2.27. The first-order valence-corrected chi connectivity index (χ1v) is 6.02. The molecule has 0 aliphatic rings. The van der Waals surface area contributed by atoms with Crippen molar-refractivity contribution in [3.05, 3.63) is 58.9 Å². The molecule has 1 unspecified atom stereocenters. The lowest BCUT2D eigenvalue weighted by molar-refractivity contribution is 0.628. The molecular weight excluding hydrogens is 251 g/mol. The molecule has 0 saturated carbocycles. The van der Waals surface area contributed by atoms with Crippen LogP contribution in [-0.4, -0.2) is 0 Å². The minimum atomic E-state index is -0.367. The number of benzene rings is 2.